The number of anilines is 3. The molecule has 2 aromatic heterocycles. The Hall–Kier alpha value is -3.22. The minimum absolute atomic E-state index is 0.212. The van der Waals surface area contributed by atoms with Gasteiger partial charge >= 0.3 is 0 Å². The predicted octanol–water partition coefficient (Wildman–Crippen LogP) is 2.99. The minimum Gasteiger partial charge on any atom is -0.354 e. The number of hydrogen-bond acceptors (Lipinski definition) is 6. The molecule has 1 aliphatic heterocycles. The lowest BCUT2D eigenvalue weighted by Gasteiger charge is -2.36. The topological polar surface area (TPSA) is 57.2 Å². The van der Waals surface area contributed by atoms with Gasteiger partial charge in [0.2, 0.25) is 5.95 Å². The lowest BCUT2D eigenvalue weighted by atomic mass is 10.1. The number of nitrogens with zero attached hydrogens (tertiary/aromatic N) is 5. The molecule has 0 saturated carbocycles. The van der Waals surface area contributed by atoms with E-state index in [1.54, 1.807) is 18.3 Å². The maximum absolute atomic E-state index is 13.0. The van der Waals surface area contributed by atoms with E-state index in [0.29, 0.717) is 12.5 Å². The number of aromatic nitrogens is 3. The van der Waals surface area contributed by atoms with Gasteiger partial charge in [-0.2, -0.15) is 4.98 Å². The largest absolute Gasteiger partial charge is 0.354 e. The van der Waals surface area contributed by atoms with Crippen molar-refractivity contribution < 1.29 is 4.39 Å². The number of nitrogens with one attached hydrogen (secondary N) is 1. The summed E-state index contributed by atoms with van der Waals surface area (Å²) in [7, 11) is 0. The van der Waals surface area contributed by atoms with Crippen molar-refractivity contribution in [1.82, 2.24) is 15.0 Å². The van der Waals surface area contributed by atoms with Crippen LogP contribution in [0, 0.1) is 5.82 Å². The first-order valence-electron chi connectivity index (χ1n) is 9.50. The average molecular weight is 378 g/mol. The molecule has 4 rings (SSSR count). The van der Waals surface area contributed by atoms with Gasteiger partial charge in [-0.05, 0) is 42.3 Å². The van der Waals surface area contributed by atoms with E-state index in [-0.39, 0.29) is 5.82 Å². The van der Waals surface area contributed by atoms with E-state index >= 15 is 0 Å². The van der Waals surface area contributed by atoms with Crippen LogP contribution in [0.4, 0.5) is 22.0 Å². The van der Waals surface area contributed by atoms with Crippen molar-refractivity contribution in [2.75, 3.05) is 47.8 Å². The summed E-state index contributed by atoms with van der Waals surface area (Å²) in [6.07, 6.45) is 4.40. The van der Waals surface area contributed by atoms with Crippen LogP contribution in [0.3, 0.4) is 0 Å². The molecule has 1 aliphatic rings. The fourth-order valence-corrected chi connectivity index (χ4v) is 3.29. The molecule has 6 nitrogen and oxygen atoms in total. The van der Waals surface area contributed by atoms with Gasteiger partial charge in [-0.25, -0.2) is 14.4 Å². The van der Waals surface area contributed by atoms with E-state index in [0.717, 1.165) is 49.8 Å². The maximum Gasteiger partial charge on any atom is 0.224 e. The third-order valence-electron chi connectivity index (χ3n) is 4.83. The molecule has 3 aromatic rings. The molecule has 0 aliphatic carbocycles. The van der Waals surface area contributed by atoms with Gasteiger partial charge in [-0.3, -0.25) is 0 Å². The van der Waals surface area contributed by atoms with Gasteiger partial charge in [0.25, 0.3) is 0 Å². The molecular weight excluding hydrogens is 355 g/mol. The molecule has 0 amide bonds. The van der Waals surface area contributed by atoms with Crippen molar-refractivity contribution in [1.29, 1.82) is 0 Å². The predicted molar refractivity (Wildman–Crippen MR) is 109 cm³/mol. The molecular formula is C21H23FN6. The molecule has 28 heavy (non-hydrogen) atoms. The highest BCUT2D eigenvalue weighted by molar-refractivity contribution is 5.46. The normalized spacial score (nSPS) is 14.2. The Bertz CT molecular complexity index is 879. The van der Waals surface area contributed by atoms with Crippen molar-refractivity contribution in [2.24, 2.45) is 0 Å². The Morgan fingerprint density at radius 1 is 0.821 bits per heavy atom. The summed E-state index contributed by atoms with van der Waals surface area (Å²) >= 11 is 0. The summed E-state index contributed by atoms with van der Waals surface area (Å²) < 4.78 is 13.0. The number of hydrogen-bond donors (Lipinski definition) is 1. The Morgan fingerprint density at radius 2 is 1.57 bits per heavy atom. The molecule has 0 atom stereocenters. The number of benzene rings is 1. The minimum atomic E-state index is -0.212. The van der Waals surface area contributed by atoms with E-state index in [1.807, 2.05) is 30.5 Å². The zero-order chi connectivity index (χ0) is 19.2. The van der Waals surface area contributed by atoms with Gasteiger partial charge in [0.1, 0.15) is 17.5 Å². The quantitative estimate of drug-likeness (QED) is 0.712. The Kier molecular flexibility index (Phi) is 5.61. The monoisotopic (exact) mass is 378 g/mol. The van der Waals surface area contributed by atoms with Crippen LogP contribution in [-0.4, -0.2) is 47.7 Å². The van der Waals surface area contributed by atoms with E-state index in [1.165, 1.54) is 12.1 Å². The summed E-state index contributed by atoms with van der Waals surface area (Å²) in [6, 6.07) is 14.5. The molecule has 144 valence electrons. The molecule has 1 aromatic carbocycles. The Labute approximate surface area is 164 Å². The molecule has 0 unspecified atom stereocenters. The molecule has 0 bridgehead atoms. The first-order valence-corrected chi connectivity index (χ1v) is 9.50. The van der Waals surface area contributed by atoms with Crippen molar-refractivity contribution >= 4 is 17.6 Å². The molecule has 0 spiro atoms. The van der Waals surface area contributed by atoms with Crippen LogP contribution in [0.15, 0.2) is 60.9 Å². The van der Waals surface area contributed by atoms with Crippen LogP contribution < -0.4 is 15.1 Å². The molecule has 1 fully saturated rings. The van der Waals surface area contributed by atoms with Gasteiger partial charge in [-0.15, -0.1) is 0 Å². The summed E-state index contributed by atoms with van der Waals surface area (Å²) in [5, 5.41) is 3.26. The molecule has 7 heteroatoms. The van der Waals surface area contributed by atoms with Gasteiger partial charge in [-0.1, -0.05) is 18.2 Å². The Morgan fingerprint density at radius 3 is 2.29 bits per heavy atom. The molecule has 1 N–H and O–H groups in total. The van der Waals surface area contributed by atoms with Crippen LogP contribution >= 0.6 is 0 Å². The first-order chi connectivity index (χ1) is 13.8. The number of halogens is 1. The van der Waals surface area contributed by atoms with E-state index in [9.17, 15) is 4.39 Å². The summed E-state index contributed by atoms with van der Waals surface area (Å²) in [4.78, 5) is 18.0. The molecule has 3 heterocycles. The van der Waals surface area contributed by atoms with Crippen LogP contribution in [-0.2, 0) is 6.42 Å². The zero-order valence-corrected chi connectivity index (χ0v) is 15.6. The van der Waals surface area contributed by atoms with E-state index in [4.69, 9.17) is 0 Å². The lowest BCUT2D eigenvalue weighted by molar-refractivity contribution is 0.627. The van der Waals surface area contributed by atoms with Crippen molar-refractivity contribution in [3.8, 4) is 0 Å². The van der Waals surface area contributed by atoms with E-state index in [2.05, 4.69) is 30.1 Å². The van der Waals surface area contributed by atoms with Gasteiger partial charge in [0.15, 0.2) is 0 Å². The highest BCUT2D eigenvalue weighted by atomic mass is 19.1. The third kappa shape index (κ3) is 4.54. The fraction of sp³-hybridized carbons (Fsp3) is 0.286. The van der Waals surface area contributed by atoms with Crippen LogP contribution in [0.25, 0.3) is 0 Å². The fourth-order valence-electron chi connectivity index (χ4n) is 3.29. The van der Waals surface area contributed by atoms with Gasteiger partial charge in [0, 0.05) is 45.1 Å². The highest BCUT2D eigenvalue weighted by Crippen LogP contribution is 2.18. The lowest BCUT2D eigenvalue weighted by Crippen LogP contribution is -2.47. The van der Waals surface area contributed by atoms with Crippen LogP contribution in [0.1, 0.15) is 5.56 Å². The maximum atomic E-state index is 13.0. The smallest absolute Gasteiger partial charge is 0.224 e. The van der Waals surface area contributed by atoms with Gasteiger partial charge < -0.3 is 15.1 Å². The average Bonchev–Trinajstić information content (AvgIpc) is 2.76. The van der Waals surface area contributed by atoms with Gasteiger partial charge in [0.05, 0.1) is 0 Å². The van der Waals surface area contributed by atoms with Crippen LogP contribution in [0.5, 0.6) is 0 Å². The zero-order valence-electron chi connectivity index (χ0n) is 15.6. The Balaban J connectivity index is 1.31. The number of pyridine rings is 1. The standard InChI is InChI=1S/C21H23FN6/c22-18-6-4-17(5-7-18)8-11-24-21-25-12-9-20(26-21)28-15-13-27(14-16-28)19-3-1-2-10-23-19/h1-7,9-10,12H,8,11,13-16H2,(H,24,25,26). The van der Waals surface area contributed by atoms with Crippen molar-refractivity contribution in [3.05, 3.63) is 72.3 Å². The first kappa shape index (κ1) is 18.2. The van der Waals surface area contributed by atoms with Crippen molar-refractivity contribution in [2.45, 2.75) is 6.42 Å². The molecule has 0 radical (unpaired) electrons. The van der Waals surface area contributed by atoms with Crippen molar-refractivity contribution in [3.63, 3.8) is 0 Å². The third-order valence-corrected chi connectivity index (χ3v) is 4.83. The summed E-state index contributed by atoms with van der Waals surface area (Å²) in [5.74, 6) is 2.36. The second-order valence-corrected chi connectivity index (χ2v) is 6.70. The molecule has 1 saturated heterocycles. The summed E-state index contributed by atoms with van der Waals surface area (Å²) in [5.41, 5.74) is 1.08. The summed E-state index contributed by atoms with van der Waals surface area (Å²) in [6.45, 7) is 4.30. The van der Waals surface area contributed by atoms with Crippen LogP contribution in [0.2, 0.25) is 0 Å². The second-order valence-electron chi connectivity index (χ2n) is 6.70. The van der Waals surface area contributed by atoms with E-state index < -0.39 is 0 Å². The number of rotatable bonds is 6. The highest BCUT2D eigenvalue weighted by Gasteiger charge is 2.19. The SMILES string of the molecule is Fc1ccc(CCNc2nccc(N3CCN(c4ccccn4)CC3)n2)cc1. The number of piperazine rings is 1. The second kappa shape index (κ2) is 8.65.